The lowest BCUT2D eigenvalue weighted by Gasteiger charge is -2.30. The first-order chi connectivity index (χ1) is 11.1. The molecule has 0 saturated carbocycles. The van der Waals surface area contributed by atoms with Crippen molar-refractivity contribution >= 4 is 5.91 Å². The first kappa shape index (κ1) is 17.3. The number of carbonyl (C=O) groups excluding carboxylic acids is 1. The molecule has 2 rings (SSSR count). The van der Waals surface area contributed by atoms with Gasteiger partial charge in [0, 0.05) is 12.6 Å². The van der Waals surface area contributed by atoms with E-state index in [-0.39, 0.29) is 18.6 Å². The molecule has 126 valence electrons. The number of methoxy groups -OCH3 is 1. The number of amides is 1. The Morgan fingerprint density at radius 2 is 2.30 bits per heavy atom. The van der Waals surface area contributed by atoms with Crippen LogP contribution >= 0.6 is 0 Å². The average Bonchev–Trinajstić information content (AvgIpc) is 2.56. The first-order valence-corrected chi connectivity index (χ1v) is 8.04. The van der Waals surface area contributed by atoms with Crippen LogP contribution in [0.2, 0.25) is 0 Å². The third-order valence-corrected chi connectivity index (χ3v) is 4.14. The van der Waals surface area contributed by atoms with Crippen molar-refractivity contribution in [1.29, 1.82) is 0 Å². The molecule has 1 aliphatic rings. The van der Waals surface area contributed by atoms with Gasteiger partial charge in [-0.25, -0.2) is 0 Å². The zero-order valence-electron chi connectivity index (χ0n) is 13.9. The van der Waals surface area contributed by atoms with Crippen molar-refractivity contribution in [2.45, 2.75) is 25.8 Å². The molecule has 1 aromatic carbocycles. The van der Waals surface area contributed by atoms with Gasteiger partial charge in [0.2, 0.25) is 0 Å². The van der Waals surface area contributed by atoms with Crippen LogP contribution in [-0.4, -0.2) is 38.8 Å². The summed E-state index contributed by atoms with van der Waals surface area (Å²) < 4.78 is 10.9. The van der Waals surface area contributed by atoms with E-state index in [9.17, 15) is 4.79 Å². The standard InChI is InChI=1S/C18H26N2O3/c1-4-5-14-6-7-16(17(10-14)22-3)23-12-18(21)20-15-11-19-9-8-13(15)2/h4,6-7,10,13,15,19H,1,5,8-9,11-12H2,2-3H3,(H,20,21). The van der Waals surface area contributed by atoms with Crippen molar-refractivity contribution in [2.24, 2.45) is 5.92 Å². The SMILES string of the molecule is C=CCc1ccc(OCC(=O)NC2CNCCC2C)c(OC)c1. The number of hydrogen-bond acceptors (Lipinski definition) is 4. The Bertz CT molecular complexity index is 545. The third-order valence-electron chi connectivity index (χ3n) is 4.14. The lowest BCUT2D eigenvalue weighted by Crippen LogP contribution is -2.51. The molecule has 2 N–H and O–H groups in total. The Morgan fingerprint density at radius 3 is 3.00 bits per heavy atom. The summed E-state index contributed by atoms with van der Waals surface area (Å²) in [6.07, 6.45) is 3.68. The van der Waals surface area contributed by atoms with Gasteiger partial charge < -0.3 is 20.1 Å². The van der Waals surface area contributed by atoms with Crippen LogP contribution in [0.5, 0.6) is 11.5 Å². The Morgan fingerprint density at radius 1 is 1.48 bits per heavy atom. The number of allylic oxidation sites excluding steroid dienone is 1. The molecular formula is C18H26N2O3. The number of rotatable bonds is 7. The predicted molar refractivity (Wildman–Crippen MR) is 91.0 cm³/mol. The highest BCUT2D eigenvalue weighted by molar-refractivity contribution is 5.78. The van der Waals surface area contributed by atoms with E-state index in [4.69, 9.17) is 9.47 Å². The smallest absolute Gasteiger partial charge is 0.258 e. The van der Waals surface area contributed by atoms with Crippen LogP contribution < -0.4 is 20.1 Å². The maximum atomic E-state index is 12.1. The minimum atomic E-state index is -0.109. The van der Waals surface area contributed by atoms with Gasteiger partial charge in [-0.3, -0.25) is 4.79 Å². The minimum absolute atomic E-state index is 0.0135. The van der Waals surface area contributed by atoms with Crippen LogP contribution in [0.1, 0.15) is 18.9 Å². The summed E-state index contributed by atoms with van der Waals surface area (Å²) >= 11 is 0. The Balaban J connectivity index is 1.89. The number of piperidine rings is 1. The van der Waals surface area contributed by atoms with Gasteiger partial charge in [-0.2, -0.15) is 0 Å². The summed E-state index contributed by atoms with van der Waals surface area (Å²) in [5.74, 6) is 1.57. The fourth-order valence-corrected chi connectivity index (χ4v) is 2.70. The summed E-state index contributed by atoms with van der Waals surface area (Å²) in [6, 6.07) is 5.85. The number of benzene rings is 1. The van der Waals surface area contributed by atoms with Crippen molar-refractivity contribution < 1.29 is 14.3 Å². The molecule has 1 aromatic rings. The molecule has 1 aliphatic heterocycles. The molecule has 0 bridgehead atoms. The molecule has 0 spiro atoms. The fraction of sp³-hybridized carbons (Fsp3) is 0.500. The van der Waals surface area contributed by atoms with E-state index in [1.54, 1.807) is 7.11 Å². The molecule has 23 heavy (non-hydrogen) atoms. The molecule has 1 saturated heterocycles. The zero-order valence-corrected chi connectivity index (χ0v) is 13.9. The van der Waals surface area contributed by atoms with Gasteiger partial charge in [0.25, 0.3) is 5.91 Å². The predicted octanol–water partition coefficient (Wildman–Crippen LogP) is 1.92. The second-order valence-corrected chi connectivity index (χ2v) is 5.91. The van der Waals surface area contributed by atoms with Gasteiger partial charge in [0.05, 0.1) is 7.11 Å². The second-order valence-electron chi connectivity index (χ2n) is 5.91. The highest BCUT2D eigenvalue weighted by Crippen LogP contribution is 2.28. The van der Waals surface area contributed by atoms with E-state index in [0.717, 1.165) is 31.5 Å². The molecule has 5 nitrogen and oxygen atoms in total. The van der Waals surface area contributed by atoms with Crippen molar-refractivity contribution in [3.05, 3.63) is 36.4 Å². The van der Waals surface area contributed by atoms with Crippen molar-refractivity contribution in [2.75, 3.05) is 26.8 Å². The lowest BCUT2D eigenvalue weighted by atomic mass is 9.95. The topological polar surface area (TPSA) is 59.6 Å². The van der Waals surface area contributed by atoms with Gasteiger partial charge >= 0.3 is 0 Å². The molecule has 1 heterocycles. The minimum Gasteiger partial charge on any atom is -0.493 e. The normalized spacial score (nSPS) is 20.6. The number of ether oxygens (including phenoxy) is 2. The Labute approximate surface area is 138 Å². The van der Waals surface area contributed by atoms with E-state index >= 15 is 0 Å². The monoisotopic (exact) mass is 318 g/mol. The summed E-state index contributed by atoms with van der Waals surface area (Å²) in [5, 5.41) is 6.32. The molecule has 0 aromatic heterocycles. The molecule has 1 amide bonds. The van der Waals surface area contributed by atoms with Gasteiger partial charge in [-0.15, -0.1) is 6.58 Å². The highest BCUT2D eigenvalue weighted by Gasteiger charge is 2.22. The van der Waals surface area contributed by atoms with E-state index in [2.05, 4.69) is 24.1 Å². The van der Waals surface area contributed by atoms with Crippen LogP contribution in [0.3, 0.4) is 0 Å². The van der Waals surface area contributed by atoms with Crippen molar-refractivity contribution in [3.8, 4) is 11.5 Å². The maximum Gasteiger partial charge on any atom is 0.258 e. The maximum absolute atomic E-state index is 12.1. The largest absolute Gasteiger partial charge is 0.493 e. The summed E-state index contributed by atoms with van der Waals surface area (Å²) in [7, 11) is 1.59. The quantitative estimate of drug-likeness (QED) is 0.754. The van der Waals surface area contributed by atoms with Crippen LogP contribution in [0, 0.1) is 5.92 Å². The van der Waals surface area contributed by atoms with Crippen LogP contribution in [0.15, 0.2) is 30.9 Å². The molecule has 5 heteroatoms. The van der Waals surface area contributed by atoms with Gasteiger partial charge in [-0.1, -0.05) is 19.1 Å². The number of nitrogens with one attached hydrogen (secondary N) is 2. The van der Waals surface area contributed by atoms with E-state index in [0.29, 0.717) is 17.4 Å². The van der Waals surface area contributed by atoms with Crippen molar-refractivity contribution in [3.63, 3.8) is 0 Å². The fourth-order valence-electron chi connectivity index (χ4n) is 2.70. The Hall–Kier alpha value is -2.01. The van der Waals surface area contributed by atoms with Crippen LogP contribution in [0.25, 0.3) is 0 Å². The van der Waals surface area contributed by atoms with E-state index in [1.165, 1.54) is 0 Å². The molecule has 0 aliphatic carbocycles. The Kier molecular flexibility index (Phi) is 6.47. The van der Waals surface area contributed by atoms with Crippen molar-refractivity contribution in [1.82, 2.24) is 10.6 Å². The molecule has 2 unspecified atom stereocenters. The van der Waals surface area contributed by atoms with Gasteiger partial charge in [-0.05, 0) is 43.0 Å². The van der Waals surface area contributed by atoms with Crippen LogP contribution in [0.4, 0.5) is 0 Å². The molecular weight excluding hydrogens is 292 g/mol. The van der Waals surface area contributed by atoms with E-state index in [1.807, 2.05) is 24.3 Å². The summed E-state index contributed by atoms with van der Waals surface area (Å²) in [6.45, 7) is 7.70. The number of carbonyl (C=O) groups is 1. The van der Waals surface area contributed by atoms with Crippen LogP contribution in [-0.2, 0) is 11.2 Å². The average molecular weight is 318 g/mol. The highest BCUT2D eigenvalue weighted by atomic mass is 16.5. The van der Waals surface area contributed by atoms with Gasteiger partial charge in [0.1, 0.15) is 0 Å². The zero-order chi connectivity index (χ0) is 16.7. The molecule has 0 radical (unpaired) electrons. The third kappa shape index (κ3) is 4.99. The summed E-state index contributed by atoms with van der Waals surface area (Å²) in [5.41, 5.74) is 1.09. The van der Waals surface area contributed by atoms with E-state index < -0.39 is 0 Å². The first-order valence-electron chi connectivity index (χ1n) is 8.04. The second kappa shape index (κ2) is 8.58. The summed E-state index contributed by atoms with van der Waals surface area (Å²) in [4.78, 5) is 12.1. The lowest BCUT2D eigenvalue weighted by molar-refractivity contribution is -0.124. The number of hydrogen-bond donors (Lipinski definition) is 2. The molecule has 2 atom stereocenters. The molecule has 1 fully saturated rings. The van der Waals surface area contributed by atoms with Gasteiger partial charge in [0.15, 0.2) is 18.1 Å².